The molecule has 1 N–H and O–H groups in total. The fourth-order valence-corrected chi connectivity index (χ4v) is 0.405. The Morgan fingerprint density at radius 2 is 2.29 bits per heavy atom. The van der Waals surface area contributed by atoms with Gasteiger partial charge in [-0.3, -0.25) is 0 Å². The van der Waals surface area contributed by atoms with E-state index in [0.717, 1.165) is 6.42 Å². The Morgan fingerprint density at radius 1 is 1.57 bits per heavy atom. The number of rotatable bonds is 3. The molecule has 7 heavy (non-hydrogen) atoms. The predicted molar refractivity (Wildman–Crippen MR) is 31.8 cm³/mol. The molecule has 0 aromatic carbocycles. The highest BCUT2D eigenvalue weighted by Crippen LogP contribution is 1.92. The molecule has 0 aromatic rings. The van der Waals surface area contributed by atoms with Crippen molar-refractivity contribution in [2.75, 3.05) is 0 Å². The quantitative estimate of drug-likeness (QED) is 0.482. The molecule has 0 saturated carbocycles. The zero-order valence-corrected chi connectivity index (χ0v) is 4.78. The third kappa shape index (κ3) is 5.54. The standard InChI is InChI=1S/C6H12N/c1-2-3-4-5-6-7/h5-7H,2-4H2,1H3. The van der Waals surface area contributed by atoms with Gasteiger partial charge in [-0.25, -0.2) is 0 Å². The molecule has 0 bridgehead atoms. The summed E-state index contributed by atoms with van der Waals surface area (Å²) in [6.07, 6.45) is 6.75. The maximum Gasteiger partial charge on any atom is 0.0137 e. The second-order valence-electron chi connectivity index (χ2n) is 1.54. The maximum absolute atomic E-state index is 6.60. The molecule has 0 unspecified atom stereocenters. The van der Waals surface area contributed by atoms with E-state index >= 15 is 0 Å². The van der Waals surface area contributed by atoms with Gasteiger partial charge in [0, 0.05) is 6.20 Å². The van der Waals surface area contributed by atoms with Gasteiger partial charge in [-0.2, -0.15) is 0 Å². The van der Waals surface area contributed by atoms with Crippen LogP contribution in [-0.2, 0) is 0 Å². The minimum absolute atomic E-state index is 1.07. The lowest BCUT2D eigenvalue weighted by atomic mass is 10.2. The molecule has 0 rings (SSSR count). The molecular formula is C6H12N. The third-order valence-corrected chi connectivity index (χ3v) is 0.842. The first kappa shape index (κ1) is 6.54. The maximum atomic E-state index is 6.60. The number of allylic oxidation sites excluding steroid dienone is 1. The van der Waals surface area contributed by atoms with E-state index in [0.29, 0.717) is 0 Å². The average Bonchev–Trinajstić information content (AvgIpc) is 1.69. The van der Waals surface area contributed by atoms with Crippen molar-refractivity contribution in [3.8, 4) is 0 Å². The zero-order chi connectivity index (χ0) is 5.54. The Hall–Kier alpha value is -0.460. The van der Waals surface area contributed by atoms with E-state index < -0.39 is 0 Å². The summed E-state index contributed by atoms with van der Waals surface area (Å²) < 4.78 is 0. The lowest BCUT2D eigenvalue weighted by Gasteiger charge is -1.83. The fourth-order valence-electron chi connectivity index (χ4n) is 0.405. The summed E-state index contributed by atoms with van der Waals surface area (Å²) in [5.74, 6) is 0. The lowest BCUT2D eigenvalue weighted by Crippen LogP contribution is -1.65. The van der Waals surface area contributed by atoms with Crippen LogP contribution in [0.15, 0.2) is 12.3 Å². The Labute approximate surface area is 45.2 Å². The van der Waals surface area contributed by atoms with Gasteiger partial charge >= 0.3 is 0 Å². The largest absolute Gasteiger partial charge is 0.309 e. The number of hydrogen-bond acceptors (Lipinski definition) is 0. The minimum Gasteiger partial charge on any atom is -0.309 e. The van der Waals surface area contributed by atoms with Crippen molar-refractivity contribution >= 4 is 0 Å². The molecule has 0 aromatic heterocycles. The van der Waals surface area contributed by atoms with E-state index in [2.05, 4.69) is 6.92 Å². The first-order chi connectivity index (χ1) is 3.41. The summed E-state index contributed by atoms with van der Waals surface area (Å²) in [4.78, 5) is 0. The van der Waals surface area contributed by atoms with Crippen molar-refractivity contribution in [2.45, 2.75) is 26.2 Å². The number of nitrogens with one attached hydrogen (secondary N) is 1. The normalized spacial score (nSPS) is 10.4. The van der Waals surface area contributed by atoms with Crippen molar-refractivity contribution in [3.05, 3.63) is 12.3 Å². The molecule has 41 valence electrons. The van der Waals surface area contributed by atoms with Gasteiger partial charge in [0.15, 0.2) is 0 Å². The molecule has 0 fully saturated rings. The summed E-state index contributed by atoms with van der Waals surface area (Å²) in [5, 5.41) is 0. The van der Waals surface area contributed by atoms with Gasteiger partial charge in [-0.05, 0) is 6.42 Å². The molecule has 1 nitrogen and oxygen atoms in total. The highest BCUT2D eigenvalue weighted by molar-refractivity contribution is 4.73. The average molecular weight is 98.2 g/mol. The van der Waals surface area contributed by atoms with E-state index in [1.807, 2.05) is 6.08 Å². The highest BCUT2D eigenvalue weighted by Gasteiger charge is 1.73. The van der Waals surface area contributed by atoms with Gasteiger partial charge in [0.25, 0.3) is 0 Å². The van der Waals surface area contributed by atoms with Crippen LogP contribution in [0.4, 0.5) is 0 Å². The van der Waals surface area contributed by atoms with Crippen LogP contribution < -0.4 is 5.73 Å². The summed E-state index contributed by atoms with van der Waals surface area (Å²) in [5.41, 5.74) is 6.60. The first-order valence-corrected chi connectivity index (χ1v) is 2.74. The van der Waals surface area contributed by atoms with Crippen molar-refractivity contribution < 1.29 is 0 Å². The molecule has 0 saturated heterocycles. The fraction of sp³-hybridized carbons (Fsp3) is 0.667. The molecule has 0 atom stereocenters. The Morgan fingerprint density at radius 3 is 2.71 bits per heavy atom. The minimum atomic E-state index is 1.07. The summed E-state index contributed by atoms with van der Waals surface area (Å²) in [7, 11) is 0. The van der Waals surface area contributed by atoms with Crippen molar-refractivity contribution in [2.24, 2.45) is 0 Å². The highest BCUT2D eigenvalue weighted by atomic mass is 14.5. The summed E-state index contributed by atoms with van der Waals surface area (Å²) in [6, 6.07) is 0. The number of unbranched alkanes of at least 4 members (excludes halogenated alkanes) is 2. The van der Waals surface area contributed by atoms with Crippen molar-refractivity contribution in [3.63, 3.8) is 0 Å². The molecular weight excluding hydrogens is 86.1 g/mol. The summed E-state index contributed by atoms with van der Waals surface area (Å²) in [6.45, 7) is 2.15. The Balaban J connectivity index is 2.69. The van der Waals surface area contributed by atoms with Crippen LogP contribution in [-0.4, -0.2) is 0 Å². The first-order valence-electron chi connectivity index (χ1n) is 2.74. The molecule has 0 heterocycles. The molecule has 0 aliphatic carbocycles. The molecule has 0 aliphatic heterocycles. The second kappa shape index (κ2) is 5.54. The lowest BCUT2D eigenvalue weighted by molar-refractivity contribution is 0.813. The van der Waals surface area contributed by atoms with Crippen LogP contribution in [0, 0.1) is 0 Å². The van der Waals surface area contributed by atoms with Crippen LogP contribution in [0.1, 0.15) is 26.2 Å². The van der Waals surface area contributed by atoms with Crippen molar-refractivity contribution in [1.82, 2.24) is 5.73 Å². The smallest absolute Gasteiger partial charge is 0.0137 e. The predicted octanol–water partition coefficient (Wildman–Crippen LogP) is 1.97. The van der Waals surface area contributed by atoms with Crippen LogP contribution >= 0.6 is 0 Å². The van der Waals surface area contributed by atoms with Gasteiger partial charge in [-0.15, -0.1) is 0 Å². The van der Waals surface area contributed by atoms with Gasteiger partial charge in [0.05, 0.1) is 0 Å². The SMILES string of the molecule is CCCCC=C[NH]. The molecule has 0 aliphatic rings. The molecule has 1 heteroatoms. The monoisotopic (exact) mass is 98.1 g/mol. The molecule has 1 radical (unpaired) electrons. The summed E-state index contributed by atoms with van der Waals surface area (Å²) >= 11 is 0. The second-order valence-corrected chi connectivity index (χ2v) is 1.54. The van der Waals surface area contributed by atoms with E-state index in [-0.39, 0.29) is 0 Å². The van der Waals surface area contributed by atoms with Crippen LogP contribution in [0.5, 0.6) is 0 Å². The van der Waals surface area contributed by atoms with Gasteiger partial charge in [0.2, 0.25) is 0 Å². The van der Waals surface area contributed by atoms with Crippen LogP contribution in [0.3, 0.4) is 0 Å². The number of hydrogen-bond donors (Lipinski definition) is 0. The Bertz CT molecular complexity index is 48.1. The van der Waals surface area contributed by atoms with Gasteiger partial charge in [-0.1, -0.05) is 25.8 Å². The molecule has 0 amide bonds. The van der Waals surface area contributed by atoms with E-state index in [4.69, 9.17) is 5.73 Å². The van der Waals surface area contributed by atoms with E-state index in [1.54, 1.807) is 0 Å². The third-order valence-electron chi connectivity index (χ3n) is 0.842. The zero-order valence-electron chi connectivity index (χ0n) is 4.78. The topological polar surface area (TPSA) is 23.8 Å². The molecule has 0 spiro atoms. The van der Waals surface area contributed by atoms with Crippen molar-refractivity contribution in [1.29, 1.82) is 0 Å². The van der Waals surface area contributed by atoms with E-state index in [9.17, 15) is 0 Å². The van der Waals surface area contributed by atoms with E-state index in [1.165, 1.54) is 19.0 Å². The van der Waals surface area contributed by atoms with Crippen LogP contribution in [0.2, 0.25) is 0 Å². The Kier molecular flexibility index (Phi) is 5.18. The van der Waals surface area contributed by atoms with Gasteiger partial charge < -0.3 is 5.73 Å². The van der Waals surface area contributed by atoms with Crippen LogP contribution in [0.25, 0.3) is 0 Å². The van der Waals surface area contributed by atoms with Gasteiger partial charge in [0.1, 0.15) is 0 Å².